The van der Waals surface area contributed by atoms with Crippen molar-refractivity contribution in [2.45, 2.75) is 25.4 Å². The molecular formula is C14H19BrN2O. The maximum Gasteiger partial charge on any atom is 0.239 e. The van der Waals surface area contributed by atoms with Gasteiger partial charge in [0.1, 0.15) is 0 Å². The molecule has 1 unspecified atom stereocenters. The van der Waals surface area contributed by atoms with Crippen molar-refractivity contribution in [1.29, 1.82) is 0 Å². The largest absolute Gasteiger partial charge is 0.347 e. The Morgan fingerprint density at radius 2 is 2.06 bits per heavy atom. The molecule has 1 atom stereocenters. The lowest BCUT2D eigenvalue weighted by atomic mass is 10.1. The van der Waals surface area contributed by atoms with Gasteiger partial charge in [-0.1, -0.05) is 28.1 Å². The van der Waals surface area contributed by atoms with Crippen LogP contribution in [0.1, 0.15) is 18.4 Å². The van der Waals surface area contributed by atoms with Crippen LogP contribution < -0.4 is 0 Å². The van der Waals surface area contributed by atoms with E-state index < -0.39 is 0 Å². The Hall–Kier alpha value is -0.870. The van der Waals surface area contributed by atoms with E-state index in [1.54, 1.807) is 4.90 Å². The Labute approximate surface area is 117 Å². The Kier molecular flexibility index (Phi) is 4.40. The number of hydrogen-bond acceptors (Lipinski definition) is 2. The molecule has 2 rings (SSSR count). The summed E-state index contributed by atoms with van der Waals surface area (Å²) in [6.07, 6.45) is 2.09. The number of rotatable bonds is 3. The van der Waals surface area contributed by atoms with E-state index >= 15 is 0 Å². The molecule has 98 valence electrons. The molecule has 1 aromatic rings. The van der Waals surface area contributed by atoms with E-state index in [1.807, 2.05) is 26.2 Å². The summed E-state index contributed by atoms with van der Waals surface area (Å²) in [6.45, 7) is 1.87. The maximum atomic E-state index is 12.1. The van der Waals surface area contributed by atoms with E-state index in [1.165, 1.54) is 5.56 Å². The molecule has 1 fully saturated rings. The molecule has 1 amide bonds. The van der Waals surface area contributed by atoms with Crippen molar-refractivity contribution >= 4 is 21.8 Å². The average molecular weight is 311 g/mol. The monoisotopic (exact) mass is 310 g/mol. The lowest BCUT2D eigenvalue weighted by Gasteiger charge is -2.26. The summed E-state index contributed by atoms with van der Waals surface area (Å²) < 4.78 is 1.09. The van der Waals surface area contributed by atoms with Crippen molar-refractivity contribution in [3.63, 3.8) is 0 Å². The van der Waals surface area contributed by atoms with Crippen LogP contribution in [0.2, 0.25) is 0 Å². The highest BCUT2D eigenvalue weighted by molar-refractivity contribution is 9.10. The van der Waals surface area contributed by atoms with Crippen LogP contribution in [0.3, 0.4) is 0 Å². The molecule has 1 aromatic carbocycles. The quantitative estimate of drug-likeness (QED) is 0.856. The summed E-state index contributed by atoms with van der Waals surface area (Å²) in [4.78, 5) is 16.1. The molecular weight excluding hydrogens is 292 g/mol. The average Bonchev–Trinajstić information content (AvgIpc) is 2.79. The highest BCUT2D eigenvalue weighted by Crippen LogP contribution is 2.22. The summed E-state index contributed by atoms with van der Waals surface area (Å²) in [5.41, 5.74) is 1.26. The van der Waals surface area contributed by atoms with Gasteiger partial charge in [-0.05, 0) is 37.1 Å². The first-order valence-electron chi connectivity index (χ1n) is 6.27. The van der Waals surface area contributed by atoms with Crippen molar-refractivity contribution in [2.75, 3.05) is 20.6 Å². The number of amides is 1. The van der Waals surface area contributed by atoms with Crippen molar-refractivity contribution in [3.05, 3.63) is 34.3 Å². The second-order valence-electron chi connectivity index (χ2n) is 4.99. The SMILES string of the molecule is CN(C)C(=O)C1CCCN1Cc1ccc(Br)cc1. The van der Waals surface area contributed by atoms with Gasteiger partial charge >= 0.3 is 0 Å². The number of likely N-dealkylation sites (N-methyl/N-ethyl adjacent to an activating group) is 1. The number of nitrogens with zero attached hydrogens (tertiary/aromatic N) is 2. The summed E-state index contributed by atoms with van der Waals surface area (Å²) in [5.74, 6) is 0.226. The molecule has 0 aromatic heterocycles. The highest BCUT2D eigenvalue weighted by atomic mass is 79.9. The van der Waals surface area contributed by atoms with E-state index in [-0.39, 0.29) is 11.9 Å². The maximum absolute atomic E-state index is 12.1. The van der Waals surface area contributed by atoms with E-state index in [9.17, 15) is 4.79 Å². The minimum absolute atomic E-state index is 0.0589. The van der Waals surface area contributed by atoms with Crippen LogP contribution in [0.25, 0.3) is 0 Å². The van der Waals surface area contributed by atoms with Crippen LogP contribution in [0, 0.1) is 0 Å². The predicted octanol–water partition coefficient (Wildman–Crippen LogP) is 2.50. The Bertz CT molecular complexity index is 416. The van der Waals surface area contributed by atoms with Gasteiger partial charge in [-0.2, -0.15) is 0 Å². The fourth-order valence-electron chi connectivity index (χ4n) is 2.42. The molecule has 0 saturated carbocycles. The second kappa shape index (κ2) is 5.85. The van der Waals surface area contributed by atoms with Crippen LogP contribution >= 0.6 is 15.9 Å². The van der Waals surface area contributed by atoms with Crippen LogP contribution in [-0.4, -0.2) is 42.4 Å². The standard InChI is InChI=1S/C14H19BrN2O/c1-16(2)14(18)13-4-3-9-17(13)10-11-5-7-12(15)8-6-11/h5-8,13H,3-4,9-10H2,1-2H3. The van der Waals surface area contributed by atoms with E-state index in [2.05, 4.69) is 33.0 Å². The summed E-state index contributed by atoms with van der Waals surface area (Å²) in [6, 6.07) is 8.38. The summed E-state index contributed by atoms with van der Waals surface area (Å²) in [7, 11) is 3.66. The van der Waals surface area contributed by atoms with Gasteiger partial charge < -0.3 is 4.90 Å². The van der Waals surface area contributed by atoms with E-state index in [4.69, 9.17) is 0 Å². The first-order chi connectivity index (χ1) is 8.58. The van der Waals surface area contributed by atoms with Gasteiger partial charge in [0.15, 0.2) is 0 Å². The Morgan fingerprint density at radius 1 is 1.39 bits per heavy atom. The molecule has 1 saturated heterocycles. The zero-order chi connectivity index (χ0) is 13.1. The first kappa shape index (κ1) is 13.6. The second-order valence-corrected chi connectivity index (χ2v) is 5.90. The van der Waals surface area contributed by atoms with Crippen molar-refractivity contribution < 1.29 is 4.79 Å². The molecule has 0 aliphatic carbocycles. The lowest BCUT2D eigenvalue weighted by molar-refractivity contribution is -0.133. The number of likely N-dealkylation sites (tertiary alicyclic amines) is 1. The number of benzene rings is 1. The third-order valence-corrected chi connectivity index (χ3v) is 3.92. The van der Waals surface area contributed by atoms with Crippen molar-refractivity contribution in [1.82, 2.24) is 9.80 Å². The normalized spacial score (nSPS) is 20.1. The molecule has 1 aliphatic rings. The van der Waals surface area contributed by atoms with Crippen LogP contribution in [0.15, 0.2) is 28.7 Å². The summed E-state index contributed by atoms with van der Waals surface area (Å²) >= 11 is 3.44. The molecule has 4 heteroatoms. The van der Waals surface area contributed by atoms with Gasteiger partial charge in [0.05, 0.1) is 6.04 Å². The molecule has 0 spiro atoms. The first-order valence-corrected chi connectivity index (χ1v) is 7.07. The number of carbonyl (C=O) groups is 1. The molecule has 1 aliphatic heterocycles. The van der Waals surface area contributed by atoms with Gasteiger partial charge in [0.2, 0.25) is 5.91 Å². The number of hydrogen-bond donors (Lipinski definition) is 0. The van der Waals surface area contributed by atoms with Crippen molar-refractivity contribution in [2.24, 2.45) is 0 Å². The van der Waals surface area contributed by atoms with E-state index in [0.29, 0.717) is 0 Å². The smallest absolute Gasteiger partial charge is 0.239 e. The predicted molar refractivity (Wildman–Crippen MR) is 76.3 cm³/mol. The lowest BCUT2D eigenvalue weighted by Crippen LogP contribution is -2.42. The van der Waals surface area contributed by atoms with Gasteiger partial charge in [0.25, 0.3) is 0 Å². The van der Waals surface area contributed by atoms with Gasteiger partial charge in [-0.3, -0.25) is 9.69 Å². The van der Waals surface area contributed by atoms with Crippen molar-refractivity contribution in [3.8, 4) is 0 Å². The zero-order valence-electron chi connectivity index (χ0n) is 10.9. The fourth-order valence-corrected chi connectivity index (χ4v) is 2.68. The highest BCUT2D eigenvalue weighted by Gasteiger charge is 2.31. The molecule has 0 radical (unpaired) electrons. The third kappa shape index (κ3) is 3.12. The number of halogens is 1. The van der Waals surface area contributed by atoms with Gasteiger partial charge in [0, 0.05) is 25.1 Å². The minimum atomic E-state index is 0.0589. The fraction of sp³-hybridized carbons (Fsp3) is 0.500. The van der Waals surface area contributed by atoms with Crippen LogP contribution in [0.4, 0.5) is 0 Å². The Balaban J connectivity index is 2.04. The molecule has 0 N–H and O–H groups in total. The van der Waals surface area contributed by atoms with Crippen LogP contribution in [-0.2, 0) is 11.3 Å². The number of carbonyl (C=O) groups excluding carboxylic acids is 1. The van der Waals surface area contributed by atoms with Gasteiger partial charge in [-0.15, -0.1) is 0 Å². The zero-order valence-corrected chi connectivity index (χ0v) is 12.5. The molecule has 3 nitrogen and oxygen atoms in total. The topological polar surface area (TPSA) is 23.6 Å². The minimum Gasteiger partial charge on any atom is -0.347 e. The molecule has 0 bridgehead atoms. The molecule has 18 heavy (non-hydrogen) atoms. The van der Waals surface area contributed by atoms with Crippen LogP contribution in [0.5, 0.6) is 0 Å². The summed E-state index contributed by atoms with van der Waals surface area (Å²) in [5, 5.41) is 0. The molecule has 1 heterocycles. The Morgan fingerprint density at radius 3 is 2.67 bits per heavy atom. The third-order valence-electron chi connectivity index (χ3n) is 3.39. The van der Waals surface area contributed by atoms with E-state index in [0.717, 1.165) is 30.4 Å². The van der Waals surface area contributed by atoms with Gasteiger partial charge in [-0.25, -0.2) is 0 Å².